The van der Waals surface area contributed by atoms with Crippen molar-refractivity contribution in [2.24, 2.45) is 4.99 Å². The molecule has 0 aliphatic carbocycles. The number of fused-ring (bicyclic) bond motifs is 1. The second-order valence-electron chi connectivity index (χ2n) is 7.65. The number of rotatable bonds is 9. The average Bonchev–Trinajstić information content (AvgIpc) is 3.16. The highest BCUT2D eigenvalue weighted by molar-refractivity contribution is 6.22. The molecule has 0 saturated carbocycles. The number of aromatic hydroxyl groups is 1. The fourth-order valence-corrected chi connectivity index (χ4v) is 3.67. The molecule has 4 N–H and O–H groups in total. The van der Waals surface area contributed by atoms with Crippen LogP contribution in [0.3, 0.4) is 0 Å². The molecule has 4 aromatic rings. The van der Waals surface area contributed by atoms with E-state index in [1.807, 2.05) is 54.6 Å². The van der Waals surface area contributed by atoms with Crippen molar-refractivity contribution in [2.45, 2.75) is 6.42 Å². The molecule has 9 heteroatoms. The number of carbonyl (C=O) groups is 1. The Morgan fingerprint density at radius 2 is 1.79 bits per heavy atom. The third kappa shape index (κ3) is 5.11. The Hall–Kier alpha value is -4.50. The zero-order chi connectivity index (χ0) is 24.1. The van der Waals surface area contributed by atoms with Gasteiger partial charge in [0.25, 0.3) is 5.69 Å². The summed E-state index contributed by atoms with van der Waals surface area (Å²) in [5.74, 6) is -1.02. The molecule has 0 fully saturated rings. The number of non-ortho nitro benzene ring substituents is 1. The van der Waals surface area contributed by atoms with Gasteiger partial charge in [-0.2, -0.15) is 0 Å². The lowest BCUT2D eigenvalue weighted by atomic mass is 10.0. The van der Waals surface area contributed by atoms with Crippen molar-refractivity contribution in [3.8, 4) is 5.88 Å². The molecule has 1 heterocycles. The van der Waals surface area contributed by atoms with Crippen molar-refractivity contribution < 1.29 is 19.9 Å². The summed E-state index contributed by atoms with van der Waals surface area (Å²) < 4.78 is 0. The number of aromatic amines is 1. The van der Waals surface area contributed by atoms with Crippen molar-refractivity contribution >= 4 is 34.0 Å². The molecule has 0 unspecified atom stereocenters. The molecule has 0 spiro atoms. The van der Waals surface area contributed by atoms with Gasteiger partial charge in [-0.15, -0.1) is 0 Å². The van der Waals surface area contributed by atoms with Gasteiger partial charge in [-0.05, 0) is 36.7 Å². The van der Waals surface area contributed by atoms with E-state index in [1.165, 1.54) is 12.1 Å². The smallest absolute Gasteiger partial charge is 0.317 e. The van der Waals surface area contributed by atoms with Crippen LogP contribution in [0.2, 0.25) is 0 Å². The number of carboxylic acid groups (broad SMARTS) is 1. The summed E-state index contributed by atoms with van der Waals surface area (Å²) in [6, 6.07) is 21.1. The molecule has 1 aromatic heterocycles. The predicted octanol–water partition coefficient (Wildman–Crippen LogP) is 4.17. The van der Waals surface area contributed by atoms with E-state index in [-0.39, 0.29) is 18.1 Å². The Labute approximate surface area is 194 Å². The number of nitrogens with one attached hydrogen (secondary N) is 2. The van der Waals surface area contributed by atoms with Gasteiger partial charge in [0.05, 0.1) is 28.4 Å². The van der Waals surface area contributed by atoms with Crippen molar-refractivity contribution in [3.63, 3.8) is 0 Å². The molecule has 3 aromatic carbocycles. The number of nitrogens with zero attached hydrogens (tertiary/aromatic N) is 2. The zero-order valence-electron chi connectivity index (χ0n) is 18.1. The minimum atomic E-state index is -0.899. The molecule has 0 radical (unpaired) electrons. The molecule has 0 amide bonds. The van der Waals surface area contributed by atoms with E-state index in [4.69, 9.17) is 10.1 Å². The van der Waals surface area contributed by atoms with Crippen LogP contribution in [0.15, 0.2) is 77.8 Å². The highest BCUT2D eigenvalue weighted by Gasteiger charge is 2.20. The number of hydrogen-bond donors (Lipinski definition) is 4. The van der Waals surface area contributed by atoms with E-state index < -0.39 is 10.9 Å². The summed E-state index contributed by atoms with van der Waals surface area (Å²) in [4.78, 5) is 29.1. The number of aliphatic imine (C=N–C) groups is 1. The fraction of sp³-hybridized carbons (Fsp3) is 0.120. The standard InChI is InChI=1S/C25H22N4O5/c30-22(31)15-26-13-12-16-6-8-18(9-7-16)27-24(17-4-2-1-3-5-17)23-20-14-19(29(33)34)10-11-21(20)28-25(23)32/h1-11,14,26,28,32H,12-13,15H2,(H,30,31). The molecule has 0 atom stereocenters. The molecule has 34 heavy (non-hydrogen) atoms. The molecule has 4 rings (SSSR count). The van der Waals surface area contributed by atoms with Gasteiger partial charge < -0.3 is 20.5 Å². The lowest BCUT2D eigenvalue weighted by molar-refractivity contribution is -0.384. The van der Waals surface area contributed by atoms with Crippen LogP contribution < -0.4 is 5.32 Å². The first-order valence-corrected chi connectivity index (χ1v) is 10.6. The van der Waals surface area contributed by atoms with Crippen molar-refractivity contribution in [2.75, 3.05) is 13.1 Å². The minimum Gasteiger partial charge on any atom is -0.494 e. The number of aliphatic carboxylic acids is 1. The SMILES string of the molecule is O=C(O)CNCCc1ccc(N=C(c2ccccc2)c2c(O)[nH]c3ccc([N+](=O)[O-])cc23)cc1. The van der Waals surface area contributed by atoms with Crippen molar-refractivity contribution in [1.82, 2.24) is 10.3 Å². The first-order valence-electron chi connectivity index (χ1n) is 10.6. The topological polar surface area (TPSA) is 141 Å². The van der Waals surface area contributed by atoms with Gasteiger partial charge in [0, 0.05) is 28.6 Å². The average molecular weight is 458 g/mol. The van der Waals surface area contributed by atoms with Crippen LogP contribution in [0.5, 0.6) is 5.88 Å². The van der Waals surface area contributed by atoms with E-state index in [2.05, 4.69) is 10.3 Å². The van der Waals surface area contributed by atoms with E-state index in [9.17, 15) is 20.0 Å². The number of H-pyrrole nitrogens is 1. The summed E-state index contributed by atoms with van der Waals surface area (Å²) in [6.07, 6.45) is 0.662. The molecule has 0 aliphatic heterocycles. The Balaban J connectivity index is 1.73. The van der Waals surface area contributed by atoms with Crippen LogP contribution in [0, 0.1) is 10.1 Å². The van der Waals surface area contributed by atoms with E-state index in [0.29, 0.717) is 40.8 Å². The van der Waals surface area contributed by atoms with Crippen LogP contribution in [0.25, 0.3) is 10.9 Å². The van der Waals surface area contributed by atoms with Crippen LogP contribution in [-0.2, 0) is 11.2 Å². The van der Waals surface area contributed by atoms with Crippen LogP contribution >= 0.6 is 0 Å². The summed E-state index contributed by atoms with van der Waals surface area (Å²) in [5.41, 5.74) is 3.73. The molecule has 0 aliphatic rings. The zero-order valence-corrected chi connectivity index (χ0v) is 18.1. The fourth-order valence-electron chi connectivity index (χ4n) is 3.67. The molecule has 0 bridgehead atoms. The van der Waals surface area contributed by atoms with Gasteiger partial charge in [0.1, 0.15) is 0 Å². The maximum Gasteiger partial charge on any atom is 0.317 e. The summed E-state index contributed by atoms with van der Waals surface area (Å²) in [5, 5.41) is 34.1. The van der Waals surface area contributed by atoms with Gasteiger partial charge in [-0.25, -0.2) is 4.99 Å². The van der Waals surface area contributed by atoms with E-state index >= 15 is 0 Å². The van der Waals surface area contributed by atoms with Gasteiger partial charge in [-0.1, -0.05) is 42.5 Å². The van der Waals surface area contributed by atoms with Crippen LogP contribution in [0.4, 0.5) is 11.4 Å². The Morgan fingerprint density at radius 3 is 2.47 bits per heavy atom. The summed E-state index contributed by atoms with van der Waals surface area (Å²) in [6.45, 7) is 0.446. The molecule has 172 valence electrons. The van der Waals surface area contributed by atoms with Gasteiger partial charge in [0.15, 0.2) is 5.88 Å². The van der Waals surface area contributed by atoms with Crippen molar-refractivity contribution in [3.05, 3.63) is 99.6 Å². The maximum absolute atomic E-state index is 11.3. The number of aromatic nitrogens is 1. The maximum atomic E-state index is 11.3. The quantitative estimate of drug-likeness (QED) is 0.128. The highest BCUT2D eigenvalue weighted by atomic mass is 16.6. The first kappa shape index (κ1) is 22.7. The lowest BCUT2D eigenvalue weighted by Gasteiger charge is -2.08. The molecular formula is C25H22N4O5. The third-order valence-electron chi connectivity index (χ3n) is 5.30. The number of hydrogen-bond acceptors (Lipinski definition) is 6. The normalized spacial score (nSPS) is 11.6. The lowest BCUT2D eigenvalue weighted by Crippen LogP contribution is -2.24. The monoisotopic (exact) mass is 458 g/mol. The Bertz CT molecular complexity index is 1360. The van der Waals surface area contributed by atoms with E-state index in [1.54, 1.807) is 6.07 Å². The Morgan fingerprint density at radius 1 is 1.06 bits per heavy atom. The van der Waals surface area contributed by atoms with E-state index in [0.717, 1.165) is 11.1 Å². The second kappa shape index (κ2) is 9.97. The van der Waals surface area contributed by atoms with Crippen LogP contribution in [0.1, 0.15) is 16.7 Å². The molecule has 0 saturated heterocycles. The highest BCUT2D eigenvalue weighted by Crippen LogP contribution is 2.33. The van der Waals surface area contributed by atoms with Crippen molar-refractivity contribution in [1.29, 1.82) is 0 Å². The predicted molar refractivity (Wildman–Crippen MR) is 129 cm³/mol. The molecule has 9 nitrogen and oxygen atoms in total. The minimum absolute atomic E-state index is 0.0824. The number of nitro benzene ring substituents is 1. The third-order valence-corrected chi connectivity index (χ3v) is 5.30. The summed E-state index contributed by atoms with van der Waals surface area (Å²) >= 11 is 0. The number of carboxylic acids is 1. The van der Waals surface area contributed by atoms with Crippen LogP contribution in [-0.4, -0.2) is 44.9 Å². The molecular weight excluding hydrogens is 436 g/mol. The first-order chi connectivity index (χ1) is 16.4. The number of benzene rings is 3. The summed E-state index contributed by atoms with van der Waals surface area (Å²) in [7, 11) is 0. The Kier molecular flexibility index (Phi) is 6.65. The second-order valence-corrected chi connectivity index (χ2v) is 7.65. The van der Waals surface area contributed by atoms with Gasteiger partial charge in [0.2, 0.25) is 0 Å². The van der Waals surface area contributed by atoms with Gasteiger partial charge in [-0.3, -0.25) is 14.9 Å². The number of nitro groups is 1. The van der Waals surface area contributed by atoms with Gasteiger partial charge >= 0.3 is 5.97 Å². The largest absolute Gasteiger partial charge is 0.494 e.